The molecule has 1 saturated heterocycles. The van der Waals surface area contributed by atoms with Crippen LogP contribution in [0.25, 0.3) is 0 Å². The molecule has 2 N–H and O–H groups in total. The molecule has 3 nitrogen and oxygen atoms in total. The van der Waals surface area contributed by atoms with Crippen LogP contribution in [0.15, 0.2) is 18.2 Å². The van der Waals surface area contributed by atoms with Crippen LogP contribution in [0.3, 0.4) is 0 Å². The van der Waals surface area contributed by atoms with Gasteiger partial charge in [0.2, 0.25) is 0 Å². The van der Waals surface area contributed by atoms with Crippen LogP contribution in [0.2, 0.25) is 5.02 Å². The second-order valence-electron chi connectivity index (χ2n) is 5.72. The van der Waals surface area contributed by atoms with Crippen LogP contribution in [-0.2, 0) is 0 Å². The molecule has 1 aliphatic heterocycles. The minimum absolute atomic E-state index is 0.503. The number of hydrogen-bond donors (Lipinski definition) is 2. The Morgan fingerprint density at radius 2 is 2.05 bits per heavy atom. The van der Waals surface area contributed by atoms with E-state index in [0.29, 0.717) is 5.02 Å². The molecule has 0 saturated carbocycles. The average Bonchev–Trinajstić information content (AvgIpc) is 2.50. The lowest BCUT2D eigenvalue weighted by Gasteiger charge is -2.25. The number of aliphatic hydroxyl groups is 2. The number of benzene rings is 1. The Balaban J connectivity index is 2.18. The highest BCUT2D eigenvalue weighted by Crippen LogP contribution is 2.32. The van der Waals surface area contributed by atoms with E-state index in [4.69, 9.17) is 11.6 Å². The molecule has 19 heavy (non-hydrogen) atoms. The molecule has 4 heteroatoms. The molecule has 0 bridgehead atoms. The fourth-order valence-corrected chi connectivity index (χ4v) is 2.85. The third-order valence-electron chi connectivity index (χ3n) is 3.86. The van der Waals surface area contributed by atoms with Crippen LogP contribution in [0.5, 0.6) is 0 Å². The summed E-state index contributed by atoms with van der Waals surface area (Å²) in [6.45, 7) is 5.34. The number of rotatable bonds is 2. The number of anilines is 1. The van der Waals surface area contributed by atoms with Crippen molar-refractivity contribution in [1.82, 2.24) is 0 Å². The Labute approximate surface area is 119 Å². The summed E-state index contributed by atoms with van der Waals surface area (Å²) in [5.41, 5.74) is 1.25. The molecule has 1 aliphatic rings. The van der Waals surface area contributed by atoms with E-state index in [-0.39, 0.29) is 0 Å². The largest absolute Gasteiger partial charge is 0.390 e. The molecule has 2 rings (SSSR count). The van der Waals surface area contributed by atoms with Gasteiger partial charge in [0.15, 0.2) is 0 Å². The maximum atomic E-state index is 10.1. The topological polar surface area (TPSA) is 43.7 Å². The Hall–Kier alpha value is -0.770. The Bertz CT molecular complexity index is 446. The van der Waals surface area contributed by atoms with Crippen LogP contribution in [0, 0.1) is 0 Å². The van der Waals surface area contributed by atoms with Crippen molar-refractivity contribution in [3.63, 3.8) is 0 Å². The fourth-order valence-electron chi connectivity index (χ4n) is 2.54. The second kappa shape index (κ2) is 5.70. The van der Waals surface area contributed by atoms with E-state index in [0.717, 1.165) is 43.6 Å². The first-order valence-electron chi connectivity index (χ1n) is 6.84. The van der Waals surface area contributed by atoms with Crippen molar-refractivity contribution in [2.75, 3.05) is 18.0 Å². The van der Waals surface area contributed by atoms with E-state index in [2.05, 4.69) is 4.90 Å². The van der Waals surface area contributed by atoms with Crippen molar-refractivity contribution >= 4 is 17.3 Å². The summed E-state index contributed by atoms with van der Waals surface area (Å²) in [4.78, 5) is 2.22. The zero-order valence-corrected chi connectivity index (χ0v) is 12.3. The molecule has 0 aromatic heterocycles. The summed E-state index contributed by atoms with van der Waals surface area (Å²) in [6.07, 6.45) is 2.03. The maximum absolute atomic E-state index is 10.1. The van der Waals surface area contributed by atoms with Crippen molar-refractivity contribution < 1.29 is 10.2 Å². The fraction of sp³-hybridized carbons (Fsp3) is 0.600. The molecular formula is C15H22ClNO2. The molecule has 1 aromatic carbocycles. The van der Waals surface area contributed by atoms with Gasteiger partial charge >= 0.3 is 0 Å². The van der Waals surface area contributed by atoms with Gasteiger partial charge in [-0.1, -0.05) is 17.7 Å². The SMILES string of the molecule is C[C@H](O)c1ccc(N2CCCC(C)(O)CC2)c(Cl)c1. The summed E-state index contributed by atoms with van der Waals surface area (Å²) >= 11 is 6.32. The van der Waals surface area contributed by atoms with Gasteiger partial charge in [-0.2, -0.15) is 0 Å². The number of halogens is 1. The smallest absolute Gasteiger partial charge is 0.0762 e. The third kappa shape index (κ3) is 3.62. The van der Waals surface area contributed by atoms with Crippen LogP contribution in [-0.4, -0.2) is 28.9 Å². The lowest BCUT2D eigenvalue weighted by atomic mass is 9.98. The van der Waals surface area contributed by atoms with E-state index in [9.17, 15) is 10.2 Å². The first-order chi connectivity index (χ1) is 8.89. The lowest BCUT2D eigenvalue weighted by molar-refractivity contribution is 0.0481. The van der Waals surface area contributed by atoms with Crippen molar-refractivity contribution in [1.29, 1.82) is 0 Å². The van der Waals surface area contributed by atoms with Crippen molar-refractivity contribution in [3.05, 3.63) is 28.8 Å². The molecular weight excluding hydrogens is 262 g/mol. The van der Waals surface area contributed by atoms with Gasteiger partial charge in [0.25, 0.3) is 0 Å². The van der Waals surface area contributed by atoms with Gasteiger partial charge in [0.05, 0.1) is 22.4 Å². The summed E-state index contributed by atoms with van der Waals surface area (Å²) in [6, 6.07) is 5.70. The molecule has 0 aliphatic carbocycles. The van der Waals surface area contributed by atoms with Gasteiger partial charge in [-0.15, -0.1) is 0 Å². The number of aliphatic hydroxyl groups excluding tert-OH is 1. The van der Waals surface area contributed by atoms with Crippen LogP contribution < -0.4 is 4.90 Å². The molecule has 0 radical (unpaired) electrons. The summed E-state index contributed by atoms with van der Waals surface area (Å²) < 4.78 is 0. The van der Waals surface area contributed by atoms with Gasteiger partial charge in [-0.25, -0.2) is 0 Å². The Morgan fingerprint density at radius 1 is 1.32 bits per heavy atom. The highest BCUT2D eigenvalue weighted by atomic mass is 35.5. The van der Waals surface area contributed by atoms with E-state index in [1.807, 2.05) is 25.1 Å². The summed E-state index contributed by atoms with van der Waals surface area (Å²) in [5.74, 6) is 0. The molecule has 106 valence electrons. The van der Waals surface area contributed by atoms with Crippen LogP contribution >= 0.6 is 11.6 Å². The average molecular weight is 284 g/mol. The van der Waals surface area contributed by atoms with Gasteiger partial charge in [-0.05, 0) is 50.8 Å². The zero-order chi connectivity index (χ0) is 14.0. The first-order valence-corrected chi connectivity index (χ1v) is 7.22. The van der Waals surface area contributed by atoms with Gasteiger partial charge < -0.3 is 15.1 Å². The highest BCUT2D eigenvalue weighted by molar-refractivity contribution is 6.33. The van der Waals surface area contributed by atoms with E-state index < -0.39 is 11.7 Å². The minimum atomic E-state index is -0.569. The van der Waals surface area contributed by atoms with Crippen LogP contribution in [0.1, 0.15) is 44.8 Å². The standard InChI is InChI=1S/C15H22ClNO2/c1-11(18)12-4-5-14(13(16)10-12)17-8-3-6-15(2,19)7-9-17/h4-5,10-11,18-19H,3,6-9H2,1-2H3/t11-,15?/m0/s1. The Kier molecular flexibility index (Phi) is 4.39. The van der Waals surface area contributed by atoms with E-state index >= 15 is 0 Å². The van der Waals surface area contributed by atoms with Gasteiger partial charge in [-0.3, -0.25) is 0 Å². The van der Waals surface area contributed by atoms with E-state index in [1.54, 1.807) is 6.92 Å². The van der Waals surface area contributed by atoms with E-state index in [1.165, 1.54) is 0 Å². The molecule has 0 amide bonds. The molecule has 1 heterocycles. The van der Waals surface area contributed by atoms with Crippen molar-refractivity contribution in [2.45, 2.75) is 44.8 Å². The minimum Gasteiger partial charge on any atom is -0.390 e. The van der Waals surface area contributed by atoms with Crippen molar-refractivity contribution in [2.24, 2.45) is 0 Å². The summed E-state index contributed by atoms with van der Waals surface area (Å²) in [5, 5.41) is 20.3. The molecule has 2 atom stereocenters. The lowest BCUT2D eigenvalue weighted by Crippen LogP contribution is -2.28. The van der Waals surface area contributed by atoms with Gasteiger partial charge in [0, 0.05) is 13.1 Å². The quantitative estimate of drug-likeness (QED) is 0.876. The predicted octanol–water partition coefficient (Wildman–Crippen LogP) is 3.13. The third-order valence-corrected chi connectivity index (χ3v) is 4.16. The number of hydrogen-bond acceptors (Lipinski definition) is 3. The monoisotopic (exact) mass is 283 g/mol. The number of nitrogens with zero attached hydrogens (tertiary/aromatic N) is 1. The highest BCUT2D eigenvalue weighted by Gasteiger charge is 2.25. The molecule has 1 fully saturated rings. The summed E-state index contributed by atoms with van der Waals surface area (Å²) in [7, 11) is 0. The van der Waals surface area contributed by atoms with Crippen molar-refractivity contribution in [3.8, 4) is 0 Å². The zero-order valence-electron chi connectivity index (χ0n) is 11.6. The molecule has 1 unspecified atom stereocenters. The maximum Gasteiger partial charge on any atom is 0.0762 e. The predicted molar refractivity (Wildman–Crippen MR) is 78.8 cm³/mol. The first kappa shape index (κ1) is 14.6. The van der Waals surface area contributed by atoms with Gasteiger partial charge in [0.1, 0.15) is 0 Å². The second-order valence-corrected chi connectivity index (χ2v) is 6.13. The molecule has 1 aromatic rings. The normalized spacial score (nSPS) is 26.1. The van der Waals surface area contributed by atoms with Crippen LogP contribution in [0.4, 0.5) is 5.69 Å². The molecule has 0 spiro atoms. The Morgan fingerprint density at radius 3 is 2.68 bits per heavy atom.